The summed E-state index contributed by atoms with van der Waals surface area (Å²) in [6.07, 6.45) is -0.114. The Morgan fingerprint density at radius 1 is 0.550 bits per heavy atom. The topological polar surface area (TPSA) is 0 Å². The third kappa shape index (κ3) is 1.83. The summed E-state index contributed by atoms with van der Waals surface area (Å²) >= 11 is 0. The fourth-order valence-corrected chi connectivity index (χ4v) is 2.00. The molecular weight excluding hydrogens is 289 g/mol. The number of rotatable bonds is 2. The first-order valence-corrected chi connectivity index (χ1v) is 5.63. The second-order valence-corrected chi connectivity index (χ2v) is 4.18. The largest absolute Gasteiger partial charge is 0.206 e. The van der Waals surface area contributed by atoms with E-state index in [1.807, 2.05) is 0 Å². The molecule has 0 aromatic heterocycles. The molecule has 0 saturated carbocycles. The quantitative estimate of drug-likeness (QED) is 0.425. The lowest BCUT2D eigenvalue weighted by Crippen LogP contribution is -2.07. The van der Waals surface area contributed by atoms with Crippen LogP contribution in [0.5, 0.6) is 0 Å². The summed E-state index contributed by atoms with van der Waals surface area (Å²) in [4.78, 5) is 0. The van der Waals surface area contributed by atoms with E-state index in [0.717, 1.165) is 0 Å². The van der Waals surface area contributed by atoms with Crippen molar-refractivity contribution in [3.8, 4) is 0 Å². The summed E-state index contributed by atoms with van der Waals surface area (Å²) in [5, 5.41) is -3.00. The zero-order valence-corrected chi connectivity index (χ0v) is 10.1. The number of hydrogen-bond donors (Lipinski definition) is 0. The lowest BCUT2D eigenvalue weighted by molar-refractivity contribution is 0.410. The SMILES string of the molecule is CCCc1c(F)c(F)c2c(F)c(F)c(F)c(F)c2c1F. The van der Waals surface area contributed by atoms with Gasteiger partial charge in [-0.05, 0) is 6.42 Å². The zero-order valence-electron chi connectivity index (χ0n) is 10.1. The van der Waals surface area contributed by atoms with E-state index in [2.05, 4.69) is 0 Å². The first-order valence-electron chi connectivity index (χ1n) is 5.63. The number of benzene rings is 2. The predicted molar refractivity (Wildman–Crippen MR) is 57.6 cm³/mol. The van der Waals surface area contributed by atoms with E-state index in [1.165, 1.54) is 6.92 Å². The van der Waals surface area contributed by atoms with Gasteiger partial charge in [0, 0.05) is 5.56 Å². The molecule has 0 amide bonds. The van der Waals surface area contributed by atoms with E-state index in [4.69, 9.17) is 0 Å². The molecule has 20 heavy (non-hydrogen) atoms. The van der Waals surface area contributed by atoms with Gasteiger partial charge >= 0.3 is 0 Å². The molecule has 0 N–H and O–H groups in total. The maximum Gasteiger partial charge on any atom is 0.198 e. The van der Waals surface area contributed by atoms with Gasteiger partial charge in [0.15, 0.2) is 34.9 Å². The van der Waals surface area contributed by atoms with E-state index in [-0.39, 0.29) is 12.8 Å². The molecule has 0 nitrogen and oxygen atoms in total. The van der Waals surface area contributed by atoms with Crippen LogP contribution in [0.25, 0.3) is 10.8 Å². The molecule has 0 heterocycles. The first-order chi connectivity index (χ1) is 9.32. The van der Waals surface area contributed by atoms with Crippen molar-refractivity contribution in [3.63, 3.8) is 0 Å². The van der Waals surface area contributed by atoms with Gasteiger partial charge in [-0.25, -0.2) is 30.7 Å². The molecule has 0 unspecified atom stereocenters. The lowest BCUT2D eigenvalue weighted by Gasteiger charge is -2.11. The van der Waals surface area contributed by atoms with Crippen LogP contribution in [0.15, 0.2) is 0 Å². The van der Waals surface area contributed by atoms with Gasteiger partial charge in [0.05, 0.1) is 10.8 Å². The molecule has 0 radical (unpaired) electrons. The average Bonchev–Trinajstić information content (AvgIpc) is 2.42. The fourth-order valence-electron chi connectivity index (χ4n) is 2.00. The molecule has 0 saturated heterocycles. The van der Waals surface area contributed by atoms with Gasteiger partial charge in [0.1, 0.15) is 5.82 Å². The predicted octanol–water partition coefficient (Wildman–Crippen LogP) is 4.77. The van der Waals surface area contributed by atoms with Crippen molar-refractivity contribution < 1.29 is 30.7 Å². The van der Waals surface area contributed by atoms with E-state index in [9.17, 15) is 30.7 Å². The highest BCUT2D eigenvalue weighted by atomic mass is 19.2. The van der Waals surface area contributed by atoms with Crippen molar-refractivity contribution in [3.05, 3.63) is 46.3 Å². The van der Waals surface area contributed by atoms with Crippen LogP contribution in [0.3, 0.4) is 0 Å². The molecule has 0 bridgehead atoms. The zero-order chi connectivity index (χ0) is 15.2. The molecule has 0 spiro atoms. The molecule has 0 atom stereocenters. The van der Waals surface area contributed by atoms with Crippen molar-refractivity contribution in [2.24, 2.45) is 0 Å². The second-order valence-electron chi connectivity index (χ2n) is 4.18. The van der Waals surface area contributed by atoms with Crippen LogP contribution in [0.4, 0.5) is 30.7 Å². The number of hydrogen-bond acceptors (Lipinski definition) is 0. The van der Waals surface area contributed by atoms with E-state index in [0.29, 0.717) is 0 Å². The minimum Gasteiger partial charge on any atom is -0.206 e. The molecule has 0 aliphatic heterocycles. The standard InChI is InChI=1S/C13H7F7/c1-2-3-4-7(14)5-6(9(16)8(4)15)11(18)13(20)12(19)10(5)17/h2-3H2,1H3. The second kappa shape index (κ2) is 4.96. The minimum atomic E-state index is -2.32. The van der Waals surface area contributed by atoms with Crippen LogP contribution < -0.4 is 0 Å². The lowest BCUT2D eigenvalue weighted by atomic mass is 10.00. The van der Waals surface area contributed by atoms with Gasteiger partial charge in [-0.1, -0.05) is 13.3 Å². The van der Waals surface area contributed by atoms with Gasteiger partial charge in [0.2, 0.25) is 0 Å². The van der Waals surface area contributed by atoms with Gasteiger partial charge in [-0.2, -0.15) is 0 Å². The molecule has 2 aromatic carbocycles. The molecule has 0 aliphatic carbocycles. The van der Waals surface area contributed by atoms with Crippen molar-refractivity contribution in [1.29, 1.82) is 0 Å². The molecule has 7 heteroatoms. The van der Waals surface area contributed by atoms with Crippen LogP contribution in [0.2, 0.25) is 0 Å². The van der Waals surface area contributed by atoms with Crippen LogP contribution in [0, 0.1) is 40.7 Å². The van der Waals surface area contributed by atoms with Crippen molar-refractivity contribution in [1.82, 2.24) is 0 Å². The highest BCUT2D eigenvalue weighted by Crippen LogP contribution is 2.34. The summed E-state index contributed by atoms with van der Waals surface area (Å²) < 4.78 is 94.3. The smallest absolute Gasteiger partial charge is 0.198 e. The van der Waals surface area contributed by atoms with E-state index < -0.39 is 57.1 Å². The Bertz CT molecular complexity index is 706. The third-order valence-corrected chi connectivity index (χ3v) is 2.93. The Kier molecular flexibility index (Phi) is 3.62. The highest BCUT2D eigenvalue weighted by Gasteiger charge is 2.29. The highest BCUT2D eigenvalue weighted by molar-refractivity contribution is 5.86. The van der Waals surface area contributed by atoms with Crippen molar-refractivity contribution in [2.45, 2.75) is 19.8 Å². The summed E-state index contributed by atoms with van der Waals surface area (Å²) in [7, 11) is 0. The molecule has 0 fully saturated rings. The Labute approximate surface area is 108 Å². The Hall–Kier alpha value is -1.79. The third-order valence-electron chi connectivity index (χ3n) is 2.93. The molecule has 2 rings (SSSR count). The summed E-state index contributed by atoms with van der Waals surface area (Å²) in [6.45, 7) is 1.52. The Morgan fingerprint density at radius 2 is 0.950 bits per heavy atom. The molecule has 2 aromatic rings. The fraction of sp³-hybridized carbons (Fsp3) is 0.231. The van der Waals surface area contributed by atoms with E-state index in [1.54, 1.807) is 0 Å². The van der Waals surface area contributed by atoms with Gasteiger partial charge in [0.25, 0.3) is 0 Å². The molecule has 108 valence electrons. The maximum absolute atomic E-state index is 13.9. The van der Waals surface area contributed by atoms with Gasteiger partial charge in [-0.3, -0.25) is 0 Å². The first kappa shape index (κ1) is 14.6. The van der Waals surface area contributed by atoms with Crippen LogP contribution in [-0.4, -0.2) is 0 Å². The summed E-state index contributed by atoms with van der Waals surface area (Å²) in [5.41, 5.74) is -0.832. The Morgan fingerprint density at radius 3 is 1.40 bits per heavy atom. The molecule has 0 aliphatic rings. The minimum absolute atomic E-state index is 0.187. The van der Waals surface area contributed by atoms with Gasteiger partial charge < -0.3 is 0 Å². The van der Waals surface area contributed by atoms with Gasteiger partial charge in [-0.15, -0.1) is 0 Å². The van der Waals surface area contributed by atoms with Crippen LogP contribution in [0.1, 0.15) is 18.9 Å². The Balaban J connectivity index is 3.08. The average molecular weight is 296 g/mol. The summed E-state index contributed by atoms with van der Waals surface area (Å²) in [6, 6.07) is 0. The monoisotopic (exact) mass is 296 g/mol. The maximum atomic E-state index is 13.9. The number of fused-ring (bicyclic) bond motifs is 1. The van der Waals surface area contributed by atoms with Crippen LogP contribution >= 0.6 is 0 Å². The number of halogens is 7. The normalized spacial score (nSPS) is 11.4. The molecular formula is C13H7F7. The van der Waals surface area contributed by atoms with E-state index >= 15 is 0 Å². The van der Waals surface area contributed by atoms with Crippen molar-refractivity contribution in [2.75, 3.05) is 0 Å². The van der Waals surface area contributed by atoms with Crippen LogP contribution in [-0.2, 0) is 6.42 Å². The summed E-state index contributed by atoms with van der Waals surface area (Å²) in [5.74, 6) is -14.2. The van der Waals surface area contributed by atoms with Crippen molar-refractivity contribution >= 4 is 10.8 Å².